The fourth-order valence-electron chi connectivity index (χ4n) is 2.87. The van der Waals surface area contributed by atoms with Crippen LogP contribution in [0.25, 0.3) is 17.0 Å². The summed E-state index contributed by atoms with van der Waals surface area (Å²) >= 11 is 0. The molecule has 8 heteroatoms. The molecule has 0 N–H and O–H groups in total. The number of rotatable bonds is 5. The first kappa shape index (κ1) is 20.3. The summed E-state index contributed by atoms with van der Waals surface area (Å²) in [6.45, 7) is 1.87. The van der Waals surface area contributed by atoms with Crippen LogP contribution in [-0.2, 0) is 19.7 Å². The van der Waals surface area contributed by atoms with E-state index in [-0.39, 0.29) is 16.0 Å². The van der Waals surface area contributed by atoms with Crippen molar-refractivity contribution in [2.75, 3.05) is 14.2 Å². The Labute approximate surface area is 169 Å². The zero-order valence-corrected chi connectivity index (χ0v) is 17.0. The summed E-state index contributed by atoms with van der Waals surface area (Å²) in [5.74, 6) is -0.411. The van der Waals surface area contributed by atoms with E-state index in [1.165, 1.54) is 44.6 Å². The molecule has 0 saturated carbocycles. The monoisotopic (exact) mass is 409 g/mol. The van der Waals surface area contributed by atoms with Crippen molar-refractivity contribution in [1.82, 2.24) is 9.04 Å². The molecule has 0 radical (unpaired) electrons. The van der Waals surface area contributed by atoms with Crippen molar-refractivity contribution in [2.45, 2.75) is 11.8 Å². The van der Waals surface area contributed by atoms with Gasteiger partial charge in [-0.2, -0.15) is 5.26 Å². The van der Waals surface area contributed by atoms with Crippen LogP contribution >= 0.6 is 0 Å². The van der Waals surface area contributed by atoms with Crippen molar-refractivity contribution in [3.63, 3.8) is 0 Å². The van der Waals surface area contributed by atoms with E-state index in [0.29, 0.717) is 10.9 Å². The average molecular weight is 409 g/mol. The largest absolute Gasteiger partial charge is 0.274 e. The SMILES string of the molecule is CON(C)C(=O)/C=C/c1cn(S(=O)(=O)c2ccc(C)cc2)c2c(C#N)cccc12. The van der Waals surface area contributed by atoms with Crippen LogP contribution < -0.4 is 0 Å². The molecule has 29 heavy (non-hydrogen) atoms. The van der Waals surface area contributed by atoms with Crippen LogP contribution in [0.3, 0.4) is 0 Å². The predicted octanol–water partition coefficient (Wildman–Crippen LogP) is 3.09. The molecule has 7 nitrogen and oxygen atoms in total. The van der Waals surface area contributed by atoms with E-state index >= 15 is 0 Å². The number of hydroxylamine groups is 2. The molecule has 0 unspecified atom stereocenters. The highest BCUT2D eigenvalue weighted by molar-refractivity contribution is 7.90. The summed E-state index contributed by atoms with van der Waals surface area (Å²) < 4.78 is 27.6. The van der Waals surface area contributed by atoms with Gasteiger partial charge < -0.3 is 0 Å². The Hall–Kier alpha value is -3.41. The van der Waals surface area contributed by atoms with Gasteiger partial charge >= 0.3 is 0 Å². The summed E-state index contributed by atoms with van der Waals surface area (Å²) in [5.41, 5.74) is 1.91. The number of nitrogens with zero attached hydrogens (tertiary/aromatic N) is 3. The number of amides is 1. The van der Waals surface area contributed by atoms with Crippen molar-refractivity contribution >= 4 is 32.9 Å². The first-order chi connectivity index (χ1) is 13.8. The van der Waals surface area contributed by atoms with Gasteiger partial charge in [0.25, 0.3) is 15.9 Å². The molecule has 0 aliphatic heterocycles. The first-order valence-electron chi connectivity index (χ1n) is 8.66. The quantitative estimate of drug-likeness (QED) is 0.477. The number of hydrogen-bond donors (Lipinski definition) is 0. The smallest absolute Gasteiger partial charge is 0.269 e. The second kappa shape index (κ2) is 7.91. The summed E-state index contributed by atoms with van der Waals surface area (Å²) in [5, 5.41) is 11.1. The minimum atomic E-state index is -3.94. The Balaban J connectivity index is 2.23. The first-order valence-corrected chi connectivity index (χ1v) is 10.1. The lowest BCUT2D eigenvalue weighted by Gasteiger charge is -2.09. The van der Waals surface area contributed by atoms with E-state index in [2.05, 4.69) is 0 Å². The van der Waals surface area contributed by atoms with Gasteiger partial charge in [-0.1, -0.05) is 29.8 Å². The minimum Gasteiger partial charge on any atom is -0.274 e. The lowest BCUT2D eigenvalue weighted by atomic mass is 10.1. The van der Waals surface area contributed by atoms with Crippen molar-refractivity contribution in [3.8, 4) is 6.07 Å². The Bertz CT molecular complexity index is 1250. The fourth-order valence-corrected chi connectivity index (χ4v) is 4.26. The highest BCUT2D eigenvalue weighted by Gasteiger charge is 2.22. The number of likely N-dealkylation sites (N-methyl/N-ethyl adjacent to an activating group) is 1. The fraction of sp³-hybridized carbons (Fsp3) is 0.143. The number of aromatic nitrogens is 1. The van der Waals surface area contributed by atoms with Crippen molar-refractivity contribution < 1.29 is 18.0 Å². The maximum absolute atomic E-state index is 13.3. The number of carbonyl (C=O) groups excluding carboxylic acids is 1. The molecule has 148 valence electrons. The maximum atomic E-state index is 13.3. The van der Waals surface area contributed by atoms with Crippen molar-refractivity contribution in [2.24, 2.45) is 0 Å². The van der Waals surface area contributed by atoms with Gasteiger partial charge in [-0.05, 0) is 31.2 Å². The zero-order valence-electron chi connectivity index (χ0n) is 16.2. The molecule has 3 aromatic rings. The molecule has 3 rings (SSSR count). The van der Waals surface area contributed by atoms with Gasteiger partial charge in [0.2, 0.25) is 0 Å². The van der Waals surface area contributed by atoms with Crippen LogP contribution in [0, 0.1) is 18.3 Å². The molecular formula is C21H19N3O4S. The van der Waals surface area contributed by atoms with Gasteiger partial charge in [-0.15, -0.1) is 0 Å². The Morgan fingerprint density at radius 3 is 2.52 bits per heavy atom. The second-order valence-corrected chi connectivity index (χ2v) is 8.18. The molecule has 0 fully saturated rings. The third-order valence-electron chi connectivity index (χ3n) is 4.51. The molecule has 1 aromatic heterocycles. The third kappa shape index (κ3) is 3.78. The molecular weight excluding hydrogens is 390 g/mol. The van der Waals surface area contributed by atoms with Gasteiger partial charge in [0.15, 0.2) is 0 Å². The predicted molar refractivity (Wildman–Crippen MR) is 109 cm³/mol. The van der Waals surface area contributed by atoms with Crippen LogP contribution in [0.2, 0.25) is 0 Å². The lowest BCUT2D eigenvalue weighted by molar-refractivity contribution is -0.162. The molecule has 1 heterocycles. The van der Waals surface area contributed by atoms with Gasteiger partial charge in [-0.25, -0.2) is 17.5 Å². The number of para-hydroxylation sites is 1. The van der Waals surface area contributed by atoms with Crippen LogP contribution in [-0.4, -0.2) is 37.5 Å². The topological polar surface area (TPSA) is 92.4 Å². The second-order valence-electron chi connectivity index (χ2n) is 6.36. The number of carbonyl (C=O) groups is 1. The summed E-state index contributed by atoms with van der Waals surface area (Å²) in [7, 11) is -1.11. The highest BCUT2D eigenvalue weighted by atomic mass is 32.2. The lowest BCUT2D eigenvalue weighted by Crippen LogP contribution is -2.22. The van der Waals surface area contributed by atoms with Crippen LogP contribution in [0.1, 0.15) is 16.7 Å². The zero-order chi connectivity index (χ0) is 21.2. The number of nitriles is 1. The Morgan fingerprint density at radius 1 is 1.21 bits per heavy atom. The van der Waals surface area contributed by atoms with Crippen LogP contribution in [0.4, 0.5) is 0 Å². The number of aryl methyl sites for hydroxylation is 1. The van der Waals surface area contributed by atoms with E-state index in [9.17, 15) is 18.5 Å². The van der Waals surface area contributed by atoms with E-state index < -0.39 is 15.9 Å². The van der Waals surface area contributed by atoms with E-state index in [4.69, 9.17) is 4.84 Å². The average Bonchev–Trinajstić information content (AvgIpc) is 3.11. The third-order valence-corrected chi connectivity index (χ3v) is 6.19. The Kier molecular flexibility index (Phi) is 5.55. The van der Waals surface area contributed by atoms with Gasteiger partial charge in [0.1, 0.15) is 6.07 Å². The highest BCUT2D eigenvalue weighted by Crippen LogP contribution is 2.29. The van der Waals surface area contributed by atoms with Gasteiger partial charge in [0, 0.05) is 30.3 Å². The maximum Gasteiger partial charge on any atom is 0.269 e. The molecule has 2 aromatic carbocycles. The molecule has 1 amide bonds. The molecule has 0 aliphatic carbocycles. The molecule has 0 aliphatic rings. The standard InChI is InChI=1S/C21H19N3O4S/c1-15-7-10-18(11-8-15)29(26,27)24-14-17(9-12-20(25)23(2)28-3)19-6-4-5-16(13-22)21(19)24/h4-12,14H,1-3H3/b12-9+. The summed E-state index contributed by atoms with van der Waals surface area (Å²) in [6.07, 6.45) is 4.19. The summed E-state index contributed by atoms with van der Waals surface area (Å²) in [6, 6.07) is 13.5. The van der Waals surface area contributed by atoms with Gasteiger partial charge in [-0.3, -0.25) is 9.63 Å². The molecule has 0 saturated heterocycles. The van der Waals surface area contributed by atoms with E-state index in [1.807, 2.05) is 13.0 Å². The van der Waals surface area contributed by atoms with Crippen LogP contribution in [0.5, 0.6) is 0 Å². The molecule has 0 spiro atoms. The van der Waals surface area contributed by atoms with E-state index in [1.54, 1.807) is 30.3 Å². The summed E-state index contributed by atoms with van der Waals surface area (Å²) in [4.78, 5) is 16.9. The number of fused-ring (bicyclic) bond motifs is 1. The van der Waals surface area contributed by atoms with E-state index in [0.717, 1.165) is 14.6 Å². The van der Waals surface area contributed by atoms with Crippen LogP contribution in [0.15, 0.2) is 59.6 Å². The van der Waals surface area contributed by atoms with Gasteiger partial charge in [0.05, 0.1) is 23.1 Å². The minimum absolute atomic E-state index is 0.110. The Morgan fingerprint density at radius 2 is 1.90 bits per heavy atom. The number of benzene rings is 2. The number of hydrogen-bond acceptors (Lipinski definition) is 5. The van der Waals surface area contributed by atoms with Crippen molar-refractivity contribution in [3.05, 3.63) is 71.4 Å². The normalized spacial score (nSPS) is 11.7. The molecule has 0 bridgehead atoms. The van der Waals surface area contributed by atoms with Crippen molar-refractivity contribution in [1.29, 1.82) is 5.26 Å². The molecule has 0 atom stereocenters.